The number of H-pyrrole nitrogens is 1. The molecular weight excluding hydrogens is 272 g/mol. The van der Waals surface area contributed by atoms with Gasteiger partial charge in [-0.15, -0.1) is 0 Å². The molecule has 1 atom stereocenters. The molecule has 0 fully saturated rings. The number of nitrogens with one attached hydrogen (secondary N) is 2. The Kier molecular flexibility index (Phi) is 4.52. The van der Waals surface area contributed by atoms with Gasteiger partial charge in [0.25, 0.3) is 11.2 Å². The molecule has 1 aromatic carbocycles. The first-order chi connectivity index (χ1) is 10.1. The fraction of sp³-hybridized carbons (Fsp3) is 0.429. The van der Waals surface area contributed by atoms with E-state index in [9.17, 15) is 14.9 Å². The summed E-state index contributed by atoms with van der Waals surface area (Å²) in [5, 5.41) is 14.7. The molecule has 1 unspecified atom stereocenters. The van der Waals surface area contributed by atoms with Gasteiger partial charge in [0.2, 0.25) is 0 Å². The molecule has 2 rings (SSSR count). The van der Waals surface area contributed by atoms with Crippen molar-refractivity contribution in [3.63, 3.8) is 0 Å². The van der Waals surface area contributed by atoms with E-state index in [4.69, 9.17) is 0 Å². The van der Waals surface area contributed by atoms with Crippen LogP contribution >= 0.6 is 0 Å². The highest BCUT2D eigenvalue weighted by molar-refractivity contribution is 5.86. The second kappa shape index (κ2) is 6.34. The molecule has 0 aliphatic heterocycles. The van der Waals surface area contributed by atoms with Crippen LogP contribution in [0.3, 0.4) is 0 Å². The molecule has 7 heteroatoms. The summed E-state index contributed by atoms with van der Waals surface area (Å²) in [4.78, 5) is 29.0. The number of nitro groups is 1. The molecule has 0 amide bonds. The number of aromatic amines is 1. The van der Waals surface area contributed by atoms with Crippen molar-refractivity contribution < 1.29 is 4.92 Å². The third-order valence-corrected chi connectivity index (χ3v) is 3.44. The van der Waals surface area contributed by atoms with Gasteiger partial charge in [0.05, 0.1) is 22.2 Å². The minimum absolute atomic E-state index is 0.101. The van der Waals surface area contributed by atoms with Gasteiger partial charge in [-0.3, -0.25) is 14.9 Å². The number of anilines is 1. The summed E-state index contributed by atoms with van der Waals surface area (Å²) in [7, 11) is 0. The van der Waals surface area contributed by atoms with E-state index in [0.29, 0.717) is 11.2 Å². The lowest BCUT2D eigenvalue weighted by Gasteiger charge is -2.17. The number of hydrogen-bond donors (Lipinski definition) is 2. The molecule has 21 heavy (non-hydrogen) atoms. The molecule has 0 aliphatic carbocycles. The van der Waals surface area contributed by atoms with Crippen LogP contribution in [0.4, 0.5) is 11.4 Å². The van der Waals surface area contributed by atoms with E-state index in [1.807, 2.05) is 6.92 Å². The van der Waals surface area contributed by atoms with Crippen LogP contribution in [-0.2, 0) is 0 Å². The Morgan fingerprint density at radius 3 is 2.81 bits per heavy atom. The predicted octanol–water partition coefficient (Wildman–Crippen LogP) is 2.82. The highest BCUT2D eigenvalue weighted by Gasteiger charge is 2.19. The van der Waals surface area contributed by atoms with Crippen molar-refractivity contribution in [2.24, 2.45) is 0 Å². The normalized spacial score (nSPS) is 12.3. The first-order valence-corrected chi connectivity index (χ1v) is 6.99. The van der Waals surface area contributed by atoms with Crippen molar-refractivity contribution in [3.05, 3.63) is 38.9 Å². The van der Waals surface area contributed by atoms with E-state index in [0.717, 1.165) is 19.3 Å². The highest BCUT2D eigenvalue weighted by atomic mass is 16.6. The first-order valence-electron chi connectivity index (χ1n) is 6.99. The minimum atomic E-state index is -0.479. The SMILES string of the molecule is CCCC(CC)Nc1cc2nc[nH]c(=O)c2cc1[N+](=O)[O-]. The van der Waals surface area contributed by atoms with Crippen LogP contribution in [-0.4, -0.2) is 20.9 Å². The number of nitrogens with zero attached hydrogens (tertiary/aromatic N) is 2. The van der Waals surface area contributed by atoms with Crippen LogP contribution in [0.1, 0.15) is 33.1 Å². The van der Waals surface area contributed by atoms with Gasteiger partial charge in [0, 0.05) is 12.1 Å². The zero-order valence-corrected chi connectivity index (χ0v) is 12.0. The Morgan fingerprint density at radius 1 is 1.43 bits per heavy atom. The fourth-order valence-electron chi connectivity index (χ4n) is 2.32. The van der Waals surface area contributed by atoms with E-state index < -0.39 is 4.92 Å². The molecule has 0 aliphatic rings. The Hall–Kier alpha value is -2.44. The van der Waals surface area contributed by atoms with Gasteiger partial charge in [-0.25, -0.2) is 4.98 Å². The average Bonchev–Trinajstić information content (AvgIpc) is 2.46. The van der Waals surface area contributed by atoms with Gasteiger partial charge in [0.1, 0.15) is 5.69 Å². The molecule has 7 nitrogen and oxygen atoms in total. The van der Waals surface area contributed by atoms with E-state index in [-0.39, 0.29) is 22.7 Å². The molecule has 2 aromatic rings. The molecular formula is C14H18N4O3. The maximum absolute atomic E-state index is 11.7. The molecule has 0 saturated carbocycles. The fourth-order valence-corrected chi connectivity index (χ4v) is 2.32. The second-order valence-corrected chi connectivity index (χ2v) is 4.91. The lowest BCUT2D eigenvalue weighted by atomic mass is 10.1. The van der Waals surface area contributed by atoms with Gasteiger partial charge >= 0.3 is 0 Å². The molecule has 0 saturated heterocycles. The first kappa shape index (κ1) is 15.0. The molecule has 0 bridgehead atoms. The molecule has 0 spiro atoms. The van der Waals surface area contributed by atoms with Gasteiger partial charge in [0.15, 0.2) is 0 Å². The van der Waals surface area contributed by atoms with Crippen LogP contribution in [0.25, 0.3) is 10.9 Å². The summed E-state index contributed by atoms with van der Waals surface area (Å²) in [6, 6.07) is 3.01. The van der Waals surface area contributed by atoms with E-state index in [1.54, 1.807) is 6.07 Å². The third kappa shape index (κ3) is 3.18. The number of fused-ring (bicyclic) bond motifs is 1. The maximum atomic E-state index is 11.7. The summed E-state index contributed by atoms with van der Waals surface area (Å²) in [5.41, 5.74) is 0.370. The van der Waals surface area contributed by atoms with Crippen LogP contribution in [0.15, 0.2) is 23.3 Å². The van der Waals surface area contributed by atoms with Crippen molar-refractivity contribution in [1.29, 1.82) is 0 Å². The summed E-state index contributed by atoms with van der Waals surface area (Å²) in [6.45, 7) is 4.10. The molecule has 1 aromatic heterocycles. The molecule has 0 radical (unpaired) electrons. The second-order valence-electron chi connectivity index (χ2n) is 4.91. The number of nitro benzene ring substituents is 1. The van der Waals surface area contributed by atoms with Crippen LogP contribution in [0.2, 0.25) is 0 Å². The zero-order chi connectivity index (χ0) is 15.4. The lowest BCUT2D eigenvalue weighted by Crippen LogP contribution is -2.19. The zero-order valence-electron chi connectivity index (χ0n) is 12.0. The average molecular weight is 290 g/mol. The van der Waals surface area contributed by atoms with Crippen molar-refractivity contribution in [2.45, 2.75) is 39.2 Å². The standard InChI is InChI=1S/C14H18N4O3/c1-3-5-9(4-2)17-12-7-11-10(6-13(12)18(20)21)14(19)16-8-15-11/h6-9,17H,3-5H2,1-2H3,(H,15,16,19). The topological polar surface area (TPSA) is 101 Å². The molecule has 112 valence electrons. The number of benzene rings is 1. The van der Waals surface area contributed by atoms with Crippen molar-refractivity contribution in [2.75, 3.05) is 5.32 Å². The van der Waals surface area contributed by atoms with Gasteiger partial charge in [-0.05, 0) is 18.9 Å². The predicted molar refractivity (Wildman–Crippen MR) is 81.6 cm³/mol. The smallest absolute Gasteiger partial charge is 0.293 e. The Bertz CT molecular complexity index is 711. The van der Waals surface area contributed by atoms with Crippen LogP contribution < -0.4 is 10.9 Å². The molecule has 2 N–H and O–H groups in total. The van der Waals surface area contributed by atoms with Gasteiger partial charge in [-0.2, -0.15) is 0 Å². The Labute approximate surface area is 121 Å². The summed E-state index contributed by atoms with van der Waals surface area (Å²) < 4.78 is 0. The summed E-state index contributed by atoms with van der Waals surface area (Å²) in [5.74, 6) is 0. The number of hydrogen-bond acceptors (Lipinski definition) is 5. The Morgan fingerprint density at radius 2 is 2.19 bits per heavy atom. The van der Waals surface area contributed by atoms with Crippen molar-refractivity contribution >= 4 is 22.3 Å². The summed E-state index contributed by atoms with van der Waals surface area (Å²) >= 11 is 0. The third-order valence-electron chi connectivity index (χ3n) is 3.44. The quantitative estimate of drug-likeness (QED) is 0.629. The monoisotopic (exact) mass is 290 g/mol. The molecule has 1 heterocycles. The maximum Gasteiger partial charge on any atom is 0.293 e. The number of aromatic nitrogens is 2. The minimum Gasteiger partial charge on any atom is -0.377 e. The van der Waals surface area contributed by atoms with Gasteiger partial charge in [-0.1, -0.05) is 20.3 Å². The van der Waals surface area contributed by atoms with Crippen LogP contribution in [0, 0.1) is 10.1 Å². The van der Waals surface area contributed by atoms with E-state index >= 15 is 0 Å². The lowest BCUT2D eigenvalue weighted by molar-refractivity contribution is -0.383. The largest absolute Gasteiger partial charge is 0.377 e. The van der Waals surface area contributed by atoms with Crippen molar-refractivity contribution in [1.82, 2.24) is 9.97 Å². The van der Waals surface area contributed by atoms with Crippen LogP contribution in [0.5, 0.6) is 0 Å². The Balaban J connectivity index is 2.53. The number of rotatable bonds is 6. The van der Waals surface area contributed by atoms with E-state index in [2.05, 4.69) is 22.2 Å². The van der Waals surface area contributed by atoms with E-state index in [1.165, 1.54) is 12.4 Å². The highest BCUT2D eigenvalue weighted by Crippen LogP contribution is 2.29. The summed E-state index contributed by atoms with van der Waals surface area (Å²) in [6.07, 6.45) is 4.08. The van der Waals surface area contributed by atoms with Crippen molar-refractivity contribution in [3.8, 4) is 0 Å². The van der Waals surface area contributed by atoms with Gasteiger partial charge < -0.3 is 10.3 Å².